The number of rotatable bonds is 8. The standard InChI is InChI=1S/C24H23N3O4S2/c1-14-4-6-17(7-5-14)12-27-23-19(15(2)26-27)10-22(33-23)24(30)31-13-20(29)21-9-8-18(32-21)11-25-16(3)28/h4-10H,11-13H2,1-3H3,(H,25,28). The van der Waals surface area contributed by atoms with Crippen molar-refractivity contribution in [3.63, 3.8) is 0 Å². The summed E-state index contributed by atoms with van der Waals surface area (Å²) in [6, 6.07) is 13.5. The molecule has 0 saturated carbocycles. The third-order valence-corrected chi connectivity index (χ3v) is 7.30. The van der Waals surface area contributed by atoms with E-state index in [-0.39, 0.29) is 18.3 Å². The van der Waals surface area contributed by atoms with E-state index >= 15 is 0 Å². The Morgan fingerprint density at radius 3 is 2.52 bits per heavy atom. The molecule has 0 bridgehead atoms. The number of hydrogen-bond acceptors (Lipinski definition) is 7. The number of benzene rings is 1. The lowest BCUT2D eigenvalue weighted by atomic mass is 10.1. The third-order valence-electron chi connectivity index (χ3n) is 5.04. The average Bonchev–Trinajstić information content (AvgIpc) is 3.50. The molecule has 3 aromatic heterocycles. The minimum absolute atomic E-state index is 0.134. The molecule has 7 nitrogen and oxygen atoms in total. The second kappa shape index (κ2) is 9.68. The van der Waals surface area contributed by atoms with Gasteiger partial charge in [0, 0.05) is 17.2 Å². The van der Waals surface area contributed by atoms with Crippen LogP contribution < -0.4 is 5.32 Å². The van der Waals surface area contributed by atoms with Gasteiger partial charge in [-0.3, -0.25) is 14.3 Å². The molecular formula is C24H23N3O4S2. The van der Waals surface area contributed by atoms with E-state index in [9.17, 15) is 14.4 Å². The maximum atomic E-state index is 12.6. The van der Waals surface area contributed by atoms with Gasteiger partial charge in [0.25, 0.3) is 0 Å². The van der Waals surface area contributed by atoms with Crippen molar-refractivity contribution in [2.75, 3.05) is 6.61 Å². The summed E-state index contributed by atoms with van der Waals surface area (Å²) in [5.74, 6) is -0.933. The van der Waals surface area contributed by atoms with Crippen LogP contribution in [0.2, 0.25) is 0 Å². The first-order valence-corrected chi connectivity index (χ1v) is 12.0. The lowest BCUT2D eigenvalue weighted by Crippen LogP contribution is -2.18. The van der Waals surface area contributed by atoms with E-state index in [0.717, 1.165) is 26.4 Å². The summed E-state index contributed by atoms with van der Waals surface area (Å²) in [6.07, 6.45) is 0. The lowest BCUT2D eigenvalue weighted by Gasteiger charge is -2.04. The minimum Gasteiger partial charge on any atom is -0.453 e. The predicted octanol–water partition coefficient (Wildman–Crippen LogP) is 4.50. The molecule has 4 rings (SSSR count). The molecule has 1 aromatic carbocycles. The van der Waals surface area contributed by atoms with Crippen molar-refractivity contribution >= 4 is 50.5 Å². The molecule has 0 atom stereocenters. The Balaban J connectivity index is 1.41. The van der Waals surface area contributed by atoms with E-state index in [0.29, 0.717) is 22.8 Å². The molecule has 3 heterocycles. The number of Topliss-reactive ketones (excluding diaryl/α,β-unsaturated/α-hetero) is 1. The molecule has 0 radical (unpaired) electrons. The van der Waals surface area contributed by atoms with Gasteiger partial charge in [-0.1, -0.05) is 29.8 Å². The van der Waals surface area contributed by atoms with Gasteiger partial charge in [0.1, 0.15) is 9.71 Å². The summed E-state index contributed by atoms with van der Waals surface area (Å²) in [5, 5.41) is 8.21. The van der Waals surface area contributed by atoms with Gasteiger partial charge in [0.05, 0.1) is 23.7 Å². The van der Waals surface area contributed by atoms with Gasteiger partial charge in [-0.15, -0.1) is 22.7 Å². The van der Waals surface area contributed by atoms with E-state index in [1.807, 2.05) is 18.5 Å². The van der Waals surface area contributed by atoms with Crippen molar-refractivity contribution in [2.45, 2.75) is 33.9 Å². The maximum absolute atomic E-state index is 12.6. The Morgan fingerprint density at radius 1 is 1.03 bits per heavy atom. The lowest BCUT2D eigenvalue weighted by molar-refractivity contribution is -0.119. The van der Waals surface area contributed by atoms with Crippen LogP contribution in [0, 0.1) is 13.8 Å². The third kappa shape index (κ3) is 5.37. The zero-order valence-electron chi connectivity index (χ0n) is 18.5. The largest absolute Gasteiger partial charge is 0.453 e. The highest BCUT2D eigenvalue weighted by molar-refractivity contribution is 7.20. The summed E-state index contributed by atoms with van der Waals surface area (Å²) in [5.41, 5.74) is 3.17. The van der Waals surface area contributed by atoms with Crippen LogP contribution in [0.25, 0.3) is 10.2 Å². The topological polar surface area (TPSA) is 90.3 Å². The average molecular weight is 482 g/mol. The molecular weight excluding hydrogens is 458 g/mol. The van der Waals surface area contributed by atoms with Crippen molar-refractivity contribution in [1.29, 1.82) is 0 Å². The van der Waals surface area contributed by atoms with Crippen LogP contribution in [0.15, 0.2) is 42.5 Å². The van der Waals surface area contributed by atoms with E-state index < -0.39 is 5.97 Å². The Hall–Kier alpha value is -3.30. The molecule has 0 spiro atoms. The summed E-state index contributed by atoms with van der Waals surface area (Å²) in [4.78, 5) is 38.7. The van der Waals surface area contributed by atoms with E-state index in [2.05, 4.69) is 34.7 Å². The molecule has 0 aliphatic rings. The Labute approximate surface area is 199 Å². The van der Waals surface area contributed by atoms with Gasteiger partial charge in [-0.05, 0) is 37.6 Å². The van der Waals surface area contributed by atoms with Crippen molar-refractivity contribution in [1.82, 2.24) is 15.1 Å². The van der Waals surface area contributed by atoms with Gasteiger partial charge < -0.3 is 10.1 Å². The molecule has 0 unspecified atom stereocenters. The van der Waals surface area contributed by atoms with E-state index in [4.69, 9.17) is 4.74 Å². The van der Waals surface area contributed by atoms with Gasteiger partial charge in [0.2, 0.25) is 11.7 Å². The second-order valence-electron chi connectivity index (χ2n) is 7.73. The molecule has 4 aromatic rings. The van der Waals surface area contributed by atoms with Crippen molar-refractivity contribution < 1.29 is 19.1 Å². The second-order valence-corrected chi connectivity index (χ2v) is 9.93. The fourth-order valence-electron chi connectivity index (χ4n) is 3.29. The quantitative estimate of drug-likeness (QED) is 0.296. The normalized spacial score (nSPS) is 11.0. The zero-order valence-corrected chi connectivity index (χ0v) is 20.1. The summed E-state index contributed by atoms with van der Waals surface area (Å²) >= 11 is 2.59. The first-order valence-electron chi connectivity index (χ1n) is 10.4. The number of thiophene rings is 2. The fourth-order valence-corrected chi connectivity index (χ4v) is 5.22. The zero-order chi connectivity index (χ0) is 23.5. The Kier molecular flexibility index (Phi) is 6.71. The molecule has 0 aliphatic heterocycles. The molecule has 9 heteroatoms. The highest BCUT2D eigenvalue weighted by atomic mass is 32.1. The van der Waals surface area contributed by atoms with E-state index in [1.165, 1.54) is 35.2 Å². The molecule has 1 amide bonds. The van der Waals surface area contributed by atoms with Crippen molar-refractivity contribution in [3.05, 3.63) is 73.9 Å². The number of ketones is 1. The van der Waals surface area contributed by atoms with Crippen LogP contribution in [-0.2, 0) is 22.6 Å². The number of nitrogens with one attached hydrogen (secondary N) is 1. The number of carbonyl (C=O) groups excluding carboxylic acids is 3. The molecule has 0 saturated heterocycles. The minimum atomic E-state index is -0.527. The monoisotopic (exact) mass is 481 g/mol. The van der Waals surface area contributed by atoms with E-state index in [1.54, 1.807) is 18.2 Å². The van der Waals surface area contributed by atoms with Crippen LogP contribution in [-0.4, -0.2) is 34.0 Å². The van der Waals surface area contributed by atoms with Crippen LogP contribution in [0.1, 0.15) is 48.0 Å². The van der Waals surface area contributed by atoms with Crippen molar-refractivity contribution in [2.24, 2.45) is 0 Å². The SMILES string of the molecule is CC(=O)NCc1ccc(C(=O)COC(=O)c2cc3c(C)nn(Cc4ccc(C)cc4)c3s2)s1. The highest BCUT2D eigenvalue weighted by Gasteiger charge is 2.19. The maximum Gasteiger partial charge on any atom is 0.348 e. The summed E-state index contributed by atoms with van der Waals surface area (Å²) < 4.78 is 7.18. The number of aromatic nitrogens is 2. The first-order chi connectivity index (χ1) is 15.8. The number of hydrogen-bond donors (Lipinski definition) is 1. The number of amides is 1. The molecule has 0 fully saturated rings. The van der Waals surface area contributed by atoms with Crippen LogP contribution >= 0.6 is 22.7 Å². The number of ether oxygens (including phenoxy) is 1. The van der Waals surface area contributed by atoms with Gasteiger partial charge in [-0.2, -0.15) is 5.10 Å². The number of nitrogens with zero attached hydrogens (tertiary/aromatic N) is 2. The Bertz CT molecular complexity index is 1330. The van der Waals surface area contributed by atoms with Crippen LogP contribution in [0.5, 0.6) is 0 Å². The number of aryl methyl sites for hydroxylation is 2. The summed E-state index contributed by atoms with van der Waals surface area (Å²) in [7, 11) is 0. The van der Waals surface area contributed by atoms with Crippen LogP contribution in [0.3, 0.4) is 0 Å². The van der Waals surface area contributed by atoms with Crippen LogP contribution in [0.4, 0.5) is 0 Å². The Morgan fingerprint density at radius 2 is 1.79 bits per heavy atom. The molecule has 33 heavy (non-hydrogen) atoms. The molecule has 0 aliphatic carbocycles. The number of esters is 1. The predicted molar refractivity (Wildman–Crippen MR) is 129 cm³/mol. The molecule has 1 N–H and O–H groups in total. The van der Waals surface area contributed by atoms with Gasteiger partial charge in [0.15, 0.2) is 6.61 Å². The fraction of sp³-hybridized carbons (Fsp3) is 0.250. The number of fused-ring (bicyclic) bond motifs is 1. The number of carbonyl (C=O) groups is 3. The first kappa shape index (κ1) is 22.9. The van der Waals surface area contributed by atoms with Crippen molar-refractivity contribution in [3.8, 4) is 0 Å². The van der Waals surface area contributed by atoms with Gasteiger partial charge >= 0.3 is 5.97 Å². The highest BCUT2D eigenvalue weighted by Crippen LogP contribution is 2.29. The smallest absolute Gasteiger partial charge is 0.348 e. The molecule has 170 valence electrons. The van der Waals surface area contributed by atoms with Gasteiger partial charge in [-0.25, -0.2) is 4.79 Å². The summed E-state index contributed by atoms with van der Waals surface area (Å²) in [6.45, 7) is 6.04.